The number of hydrogen-bond acceptors (Lipinski definition) is 3. The third-order valence-corrected chi connectivity index (χ3v) is 5.24. The molecular formula is C21H25N2O3+. The predicted octanol–water partition coefficient (Wildman–Crippen LogP) is 2.06. The van der Waals surface area contributed by atoms with E-state index in [1.165, 1.54) is 11.1 Å². The quantitative estimate of drug-likeness (QED) is 0.865. The first-order valence-electron chi connectivity index (χ1n) is 9.31. The molecule has 1 amide bonds. The maximum atomic E-state index is 12.6. The number of nitrogens with one attached hydrogen (secondary N) is 1. The van der Waals surface area contributed by atoms with Gasteiger partial charge in [0.1, 0.15) is 6.54 Å². The molecule has 0 fully saturated rings. The van der Waals surface area contributed by atoms with Crippen molar-refractivity contribution >= 4 is 5.91 Å². The van der Waals surface area contributed by atoms with Crippen molar-refractivity contribution in [3.8, 4) is 11.5 Å². The van der Waals surface area contributed by atoms with Crippen LogP contribution < -0.4 is 20.1 Å². The Morgan fingerprint density at radius 1 is 1.23 bits per heavy atom. The standard InChI is InChI=1S/C21H24N2O3/c1-14(22-12-15-9-10-19-20(11-15)26-13-25-19)21(24)23-18-8-4-6-16-5-2-3-7-17(16)18/h2-3,5,7,9-11,14,18,22H,4,6,8,12-13H2,1H3,(H,23,24)/p+1/t14-,18-/m1/s1. The molecule has 1 aliphatic carbocycles. The second-order valence-electron chi connectivity index (χ2n) is 7.07. The number of hydrogen-bond donors (Lipinski definition) is 2. The molecule has 1 heterocycles. The molecule has 2 aromatic rings. The monoisotopic (exact) mass is 353 g/mol. The molecule has 2 aliphatic rings. The Morgan fingerprint density at radius 3 is 3.00 bits per heavy atom. The van der Waals surface area contributed by atoms with Crippen LogP contribution in [0.2, 0.25) is 0 Å². The summed E-state index contributed by atoms with van der Waals surface area (Å²) in [6, 6.07) is 14.4. The number of fused-ring (bicyclic) bond motifs is 2. The summed E-state index contributed by atoms with van der Waals surface area (Å²) in [6.45, 7) is 2.97. The molecule has 0 radical (unpaired) electrons. The summed E-state index contributed by atoms with van der Waals surface area (Å²) in [5, 5.41) is 5.30. The summed E-state index contributed by atoms with van der Waals surface area (Å²) in [4.78, 5) is 12.6. The van der Waals surface area contributed by atoms with Gasteiger partial charge < -0.3 is 20.1 Å². The third kappa shape index (κ3) is 3.53. The lowest BCUT2D eigenvalue weighted by atomic mass is 9.87. The van der Waals surface area contributed by atoms with Gasteiger partial charge in [0.15, 0.2) is 17.5 Å². The van der Waals surface area contributed by atoms with Crippen LogP contribution in [0.5, 0.6) is 11.5 Å². The Balaban J connectivity index is 1.34. The molecule has 0 saturated heterocycles. The lowest BCUT2D eigenvalue weighted by Crippen LogP contribution is -2.90. The van der Waals surface area contributed by atoms with E-state index in [1.807, 2.05) is 25.1 Å². The molecular weight excluding hydrogens is 328 g/mol. The van der Waals surface area contributed by atoms with Crippen LogP contribution in [0.4, 0.5) is 0 Å². The van der Waals surface area contributed by atoms with Crippen LogP contribution in [0.3, 0.4) is 0 Å². The molecule has 2 aromatic carbocycles. The van der Waals surface area contributed by atoms with Crippen molar-refractivity contribution < 1.29 is 19.6 Å². The van der Waals surface area contributed by atoms with Crippen LogP contribution in [-0.2, 0) is 17.8 Å². The maximum Gasteiger partial charge on any atom is 0.278 e. The van der Waals surface area contributed by atoms with Gasteiger partial charge in [-0.3, -0.25) is 4.79 Å². The van der Waals surface area contributed by atoms with Gasteiger partial charge in [0.25, 0.3) is 5.91 Å². The Morgan fingerprint density at radius 2 is 2.08 bits per heavy atom. The van der Waals surface area contributed by atoms with Gasteiger partial charge in [-0.05, 0) is 55.5 Å². The zero-order valence-corrected chi connectivity index (χ0v) is 15.0. The molecule has 0 bridgehead atoms. The van der Waals surface area contributed by atoms with Crippen molar-refractivity contribution in [2.24, 2.45) is 0 Å². The first-order valence-corrected chi connectivity index (χ1v) is 9.31. The van der Waals surface area contributed by atoms with E-state index in [4.69, 9.17) is 9.47 Å². The van der Waals surface area contributed by atoms with Crippen LogP contribution in [0.15, 0.2) is 42.5 Å². The van der Waals surface area contributed by atoms with E-state index in [1.54, 1.807) is 0 Å². The van der Waals surface area contributed by atoms with Gasteiger partial charge >= 0.3 is 0 Å². The number of aryl methyl sites for hydroxylation is 1. The van der Waals surface area contributed by atoms with Crippen LogP contribution in [0, 0.1) is 0 Å². The van der Waals surface area contributed by atoms with Crippen molar-refractivity contribution in [2.75, 3.05) is 6.79 Å². The van der Waals surface area contributed by atoms with Crippen LogP contribution >= 0.6 is 0 Å². The second-order valence-corrected chi connectivity index (χ2v) is 7.07. The molecule has 4 rings (SSSR count). The van der Waals surface area contributed by atoms with E-state index in [9.17, 15) is 4.79 Å². The van der Waals surface area contributed by atoms with Gasteiger partial charge in [0.05, 0.1) is 6.04 Å². The molecule has 136 valence electrons. The first-order chi connectivity index (χ1) is 12.7. The number of nitrogens with two attached hydrogens (primary N) is 1. The van der Waals surface area contributed by atoms with Gasteiger partial charge in [-0.25, -0.2) is 0 Å². The fraction of sp³-hybridized carbons (Fsp3) is 0.381. The van der Waals surface area contributed by atoms with Crippen LogP contribution in [0.1, 0.15) is 42.5 Å². The van der Waals surface area contributed by atoms with Gasteiger partial charge in [0, 0.05) is 5.56 Å². The molecule has 0 saturated carbocycles. The summed E-state index contributed by atoms with van der Waals surface area (Å²) in [6.07, 6.45) is 3.24. The highest BCUT2D eigenvalue weighted by atomic mass is 16.7. The van der Waals surface area contributed by atoms with Crippen LogP contribution in [-0.4, -0.2) is 18.7 Å². The maximum absolute atomic E-state index is 12.6. The number of carbonyl (C=O) groups excluding carboxylic acids is 1. The predicted molar refractivity (Wildman–Crippen MR) is 97.9 cm³/mol. The van der Waals surface area contributed by atoms with Crippen molar-refractivity contribution in [3.63, 3.8) is 0 Å². The minimum Gasteiger partial charge on any atom is -0.454 e. The second kappa shape index (κ2) is 7.38. The summed E-state index contributed by atoms with van der Waals surface area (Å²) < 4.78 is 10.7. The molecule has 3 N–H and O–H groups in total. The first kappa shape index (κ1) is 16.9. The number of rotatable bonds is 5. The third-order valence-electron chi connectivity index (χ3n) is 5.24. The van der Waals surface area contributed by atoms with Crippen LogP contribution in [0.25, 0.3) is 0 Å². The Kier molecular flexibility index (Phi) is 4.80. The van der Waals surface area contributed by atoms with Gasteiger partial charge in [-0.1, -0.05) is 24.3 Å². The molecule has 5 nitrogen and oxygen atoms in total. The summed E-state index contributed by atoms with van der Waals surface area (Å²) in [5.74, 6) is 1.66. The van der Waals surface area contributed by atoms with E-state index in [0.29, 0.717) is 0 Å². The number of carbonyl (C=O) groups is 1. The van der Waals surface area contributed by atoms with Crippen molar-refractivity contribution in [1.29, 1.82) is 0 Å². The highest BCUT2D eigenvalue weighted by molar-refractivity contribution is 5.80. The van der Waals surface area contributed by atoms with Crippen molar-refractivity contribution in [3.05, 3.63) is 59.2 Å². The summed E-state index contributed by atoms with van der Waals surface area (Å²) in [7, 11) is 0. The largest absolute Gasteiger partial charge is 0.454 e. The van der Waals surface area contributed by atoms with Crippen molar-refractivity contribution in [1.82, 2.24) is 5.32 Å². The SMILES string of the molecule is C[C@@H]([NH2+]Cc1ccc2c(c1)OCO2)C(=O)N[C@@H]1CCCc2ccccc21. The lowest BCUT2D eigenvalue weighted by molar-refractivity contribution is -0.689. The fourth-order valence-corrected chi connectivity index (χ4v) is 3.69. The van der Waals surface area contributed by atoms with Gasteiger partial charge in [-0.15, -0.1) is 0 Å². The lowest BCUT2D eigenvalue weighted by Gasteiger charge is -2.27. The number of ether oxygens (including phenoxy) is 2. The van der Waals surface area contributed by atoms with E-state index < -0.39 is 0 Å². The van der Waals surface area contributed by atoms with Gasteiger partial charge in [-0.2, -0.15) is 0 Å². The Labute approximate surface area is 153 Å². The zero-order valence-electron chi connectivity index (χ0n) is 15.0. The molecule has 26 heavy (non-hydrogen) atoms. The topological polar surface area (TPSA) is 64.2 Å². The minimum atomic E-state index is -0.144. The molecule has 0 aromatic heterocycles. The summed E-state index contributed by atoms with van der Waals surface area (Å²) in [5.41, 5.74) is 3.76. The fourth-order valence-electron chi connectivity index (χ4n) is 3.69. The highest BCUT2D eigenvalue weighted by Crippen LogP contribution is 2.32. The van der Waals surface area contributed by atoms with E-state index in [2.05, 4.69) is 34.9 Å². The smallest absolute Gasteiger partial charge is 0.278 e. The van der Waals surface area contributed by atoms with Gasteiger partial charge in [0.2, 0.25) is 6.79 Å². The Bertz CT molecular complexity index is 806. The summed E-state index contributed by atoms with van der Waals surface area (Å²) >= 11 is 0. The molecule has 5 heteroatoms. The number of quaternary nitrogens is 1. The Hall–Kier alpha value is -2.53. The van der Waals surface area contributed by atoms with E-state index >= 15 is 0 Å². The molecule has 0 spiro atoms. The zero-order chi connectivity index (χ0) is 17.9. The highest BCUT2D eigenvalue weighted by Gasteiger charge is 2.25. The minimum absolute atomic E-state index is 0.0902. The van der Waals surface area contributed by atoms with E-state index in [0.717, 1.165) is 42.9 Å². The van der Waals surface area contributed by atoms with E-state index in [-0.39, 0.29) is 24.8 Å². The number of amides is 1. The number of benzene rings is 2. The normalized spacial score (nSPS) is 18.9. The van der Waals surface area contributed by atoms with Crippen molar-refractivity contribution in [2.45, 2.75) is 44.8 Å². The molecule has 1 aliphatic heterocycles. The average molecular weight is 353 g/mol. The average Bonchev–Trinajstić information content (AvgIpc) is 3.14. The molecule has 0 unspecified atom stereocenters. The molecule has 2 atom stereocenters.